The van der Waals surface area contributed by atoms with Crippen LogP contribution >= 0.6 is 11.3 Å². The Balaban J connectivity index is 1.93. The standard InChI is InChI=1S/C26H25FN4O2S/c1-3-29-12-14-30(15-13-29)24(32)22(17-28)26-31(21-10-8-20(27)9-11-21)25(33)23(34-26)16-19-7-5-4-6-18(19)2/h4-11,16H,3,12-15H2,1-2H3/b23-16+,26-22-. The number of hydrogen-bond donors (Lipinski definition) is 0. The molecule has 174 valence electrons. The van der Waals surface area contributed by atoms with Gasteiger partial charge in [0.1, 0.15) is 16.5 Å². The Kier molecular flexibility index (Phi) is 7.06. The molecule has 8 heteroatoms. The first-order valence-corrected chi connectivity index (χ1v) is 12.0. The van der Waals surface area contributed by atoms with Crippen LogP contribution in [0.5, 0.6) is 0 Å². The molecule has 0 aliphatic carbocycles. The number of nitrogens with zero attached hydrogens (tertiary/aromatic N) is 4. The van der Waals surface area contributed by atoms with Crippen molar-refractivity contribution >= 4 is 28.9 Å². The highest BCUT2D eigenvalue weighted by atomic mass is 32.1. The van der Waals surface area contributed by atoms with Gasteiger partial charge in [0.2, 0.25) is 0 Å². The summed E-state index contributed by atoms with van der Waals surface area (Å²) in [5, 5.41) is 10.0. The number of nitriles is 1. The van der Waals surface area contributed by atoms with E-state index in [1.54, 1.807) is 11.0 Å². The van der Waals surface area contributed by atoms with Gasteiger partial charge in [-0.3, -0.25) is 14.2 Å². The smallest absolute Gasteiger partial charge is 0.273 e. The van der Waals surface area contributed by atoms with Crippen LogP contribution in [-0.2, 0) is 4.79 Å². The maximum atomic E-state index is 13.6. The number of carbonyl (C=O) groups is 1. The maximum absolute atomic E-state index is 13.6. The molecule has 2 heterocycles. The Labute approximate surface area is 201 Å². The monoisotopic (exact) mass is 476 g/mol. The molecule has 0 bridgehead atoms. The Morgan fingerprint density at radius 2 is 1.79 bits per heavy atom. The molecule has 0 radical (unpaired) electrons. The predicted octanol–water partition coefficient (Wildman–Crippen LogP) is 2.01. The van der Waals surface area contributed by atoms with E-state index in [4.69, 9.17) is 0 Å². The number of halogens is 1. The quantitative estimate of drug-likeness (QED) is 0.578. The molecule has 3 aromatic rings. The summed E-state index contributed by atoms with van der Waals surface area (Å²) < 4.78 is 15.6. The molecule has 0 N–H and O–H groups in total. The number of aromatic nitrogens is 1. The van der Waals surface area contributed by atoms with E-state index in [0.717, 1.165) is 42.1 Å². The zero-order valence-corrected chi connectivity index (χ0v) is 19.9. The van der Waals surface area contributed by atoms with Gasteiger partial charge in [0, 0.05) is 26.2 Å². The molecule has 0 unspecified atom stereocenters. The highest BCUT2D eigenvalue weighted by Gasteiger charge is 2.25. The van der Waals surface area contributed by atoms with E-state index < -0.39 is 11.7 Å². The third-order valence-corrected chi connectivity index (χ3v) is 7.12. The van der Waals surface area contributed by atoms with E-state index in [-0.39, 0.29) is 15.8 Å². The van der Waals surface area contributed by atoms with Crippen LogP contribution in [0.2, 0.25) is 0 Å². The molecule has 0 saturated carbocycles. The minimum absolute atomic E-state index is 0.0826. The van der Waals surface area contributed by atoms with E-state index in [0.29, 0.717) is 23.3 Å². The highest BCUT2D eigenvalue weighted by Crippen LogP contribution is 2.11. The van der Waals surface area contributed by atoms with Gasteiger partial charge in [-0.15, -0.1) is 11.3 Å². The Morgan fingerprint density at radius 1 is 1.12 bits per heavy atom. The first kappa shape index (κ1) is 23.6. The lowest BCUT2D eigenvalue weighted by Crippen LogP contribution is -2.49. The molecule has 34 heavy (non-hydrogen) atoms. The minimum Gasteiger partial charge on any atom is -0.335 e. The highest BCUT2D eigenvalue weighted by molar-refractivity contribution is 7.07. The van der Waals surface area contributed by atoms with Crippen molar-refractivity contribution in [1.29, 1.82) is 5.26 Å². The normalized spacial score (nSPS) is 15.8. The summed E-state index contributed by atoms with van der Waals surface area (Å²) in [4.78, 5) is 30.8. The van der Waals surface area contributed by atoms with E-state index >= 15 is 0 Å². The number of carbonyl (C=O) groups excluding carboxylic acids is 1. The van der Waals surface area contributed by atoms with Crippen LogP contribution in [0.1, 0.15) is 18.1 Å². The number of rotatable bonds is 4. The summed E-state index contributed by atoms with van der Waals surface area (Å²) in [6.07, 6.45) is 1.77. The maximum Gasteiger partial charge on any atom is 0.273 e. The van der Waals surface area contributed by atoms with Crippen molar-refractivity contribution in [3.63, 3.8) is 0 Å². The van der Waals surface area contributed by atoms with Crippen molar-refractivity contribution in [2.45, 2.75) is 13.8 Å². The molecule has 2 aromatic carbocycles. The average molecular weight is 477 g/mol. The summed E-state index contributed by atoms with van der Waals surface area (Å²) in [5.41, 5.74) is 1.84. The van der Waals surface area contributed by atoms with Gasteiger partial charge >= 0.3 is 0 Å². The number of piperazine rings is 1. The summed E-state index contributed by atoms with van der Waals surface area (Å²) in [7, 11) is 0. The van der Waals surface area contributed by atoms with Crippen LogP contribution in [0.15, 0.2) is 53.3 Å². The number of amides is 1. The largest absolute Gasteiger partial charge is 0.335 e. The Bertz CT molecular complexity index is 1430. The van der Waals surface area contributed by atoms with E-state index in [9.17, 15) is 19.2 Å². The van der Waals surface area contributed by atoms with Crippen molar-refractivity contribution in [2.24, 2.45) is 0 Å². The number of benzene rings is 2. The second-order valence-electron chi connectivity index (χ2n) is 8.10. The van der Waals surface area contributed by atoms with Crippen molar-refractivity contribution in [1.82, 2.24) is 14.4 Å². The Hall–Kier alpha value is -3.54. The zero-order chi connectivity index (χ0) is 24.2. The second-order valence-corrected chi connectivity index (χ2v) is 9.13. The average Bonchev–Trinajstić information content (AvgIpc) is 3.17. The molecule has 1 fully saturated rings. The fraction of sp³-hybridized carbons (Fsp3) is 0.269. The Morgan fingerprint density at radius 3 is 2.41 bits per heavy atom. The minimum atomic E-state index is -0.436. The van der Waals surface area contributed by atoms with Crippen LogP contribution < -0.4 is 14.8 Å². The molecule has 0 spiro atoms. The van der Waals surface area contributed by atoms with E-state index in [2.05, 4.69) is 17.9 Å². The van der Waals surface area contributed by atoms with Crippen LogP contribution in [0.4, 0.5) is 4.39 Å². The summed E-state index contributed by atoms with van der Waals surface area (Å²) in [6, 6.07) is 15.2. The summed E-state index contributed by atoms with van der Waals surface area (Å²) >= 11 is 1.10. The molecular formula is C26H25FN4O2S. The number of likely N-dealkylation sites (N-methyl/N-ethyl adjacent to an activating group) is 1. The topological polar surface area (TPSA) is 69.3 Å². The lowest BCUT2D eigenvalue weighted by atomic mass is 10.1. The molecule has 1 aliphatic heterocycles. The lowest BCUT2D eigenvalue weighted by Gasteiger charge is -2.33. The molecule has 1 saturated heterocycles. The number of thiazole rings is 1. The second kappa shape index (κ2) is 10.2. The molecule has 1 amide bonds. The van der Waals surface area contributed by atoms with Crippen LogP contribution in [0.25, 0.3) is 17.3 Å². The first-order chi connectivity index (χ1) is 16.4. The van der Waals surface area contributed by atoms with Crippen molar-refractivity contribution in [3.05, 3.63) is 85.0 Å². The lowest BCUT2D eigenvalue weighted by molar-refractivity contribution is -0.126. The van der Waals surface area contributed by atoms with Gasteiger partial charge in [-0.05, 0) is 54.9 Å². The van der Waals surface area contributed by atoms with Crippen molar-refractivity contribution < 1.29 is 9.18 Å². The van der Waals surface area contributed by atoms with Gasteiger partial charge < -0.3 is 9.80 Å². The van der Waals surface area contributed by atoms with Crippen LogP contribution in [0.3, 0.4) is 0 Å². The summed E-state index contributed by atoms with van der Waals surface area (Å²) in [6.45, 7) is 7.45. The first-order valence-electron chi connectivity index (χ1n) is 11.1. The van der Waals surface area contributed by atoms with Crippen LogP contribution in [-0.4, -0.2) is 53.0 Å². The van der Waals surface area contributed by atoms with Crippen molar-refractivity contribution in [3.8, 4) is 11.8 Å². The fourth-order valence-corrected chi connectivity index (χ4v) is 5.06. The molecule has 1 aromatic heterocycles. The van der Waals surface area contributed by atoms with Gasteiger partial charge in [0.25, 0.3) is 11.5 Å². The van der Waals surface area contributed by atoms with E-state index in [1.807, 2.05) is 31.2 Å². The molecule has 4 rings (SSSR count). The summed E-state index contributed by atoms with van der Waals surface area (Å²) in [5.74, 6) is -0.826. The van der Waals surface area contributed by atoms with Gasteiger partial charge in [-0.1, -0.05) is 31.2 Å². The van der Waals surface area contributed by atoms with Crippen LogP contribution in [0, 0.1) is 24.1 Å². The van der Waals surface area contributed by atoms with Gasteiger partial charge in [-0.25, -0.2) is 4.39 Å². The third-order valence-electron chi connectivity index (χ3n) is 6.03. The zero-order valence-electron chi connectivity index (χ0n) is 19.1. The third kappa shape index (κ3) is 4.72. The molecular weight excluding hydrogens is 451 g/mol. The molecule has 6 nitrogen and oxygen atoms in total. The van der Waals surface area contributed by atoms with Gasteiger partial charge in [0.05, 0.1) is 10.2 Å². The van der Waals surface area contributed by atoms with Gasteiger partial charge in [0.15, 0.2) is 5.57 Å². The van der Waals surface area contributed by atoms with Gasteiger partial charge in [-0.2, -0.15) is 5.26 Å². The fourth-order valence-electron chi connectivity index (χ4n) is 3.98. The van der Waals surface area contributed by atoms with E-state index in [1.165, 1.54) is 28.8 Å². The number of aryl methyl sites for hydroxylation is 1. The number of hydrogen-bond acceptors (Lipinski definition) is 5. The molecule has 1 aliphatic rings. The molecule has 0 atom stereocenters. The van der Waals surface area contributed by atoms with Crippen molar-refractivity contribution in [2.75, 3.05) is 32.7 Å². The predicted molar refractivity (Wildman–Crippen MR) is 132 cm³/mol. The SMILES string of the molecule is CCN1CCN(C(=O)/C(C#N)=c2\s/c(=C/c3ccccc3C)c(=O)n2-c2ccc(F)cc2)CC1.